The van der Waals surface area contributed by atoms with Gasteiger partial charge in [0.15, 0.2) is 0 Å². The summed E-state index contributed by atoms with van der Waals surface area (Å²) in [6.45, 7) is 2.13. The van der Waals surface area contributed by atoms with Gasteiger partial charge in [-0.15, -0.1) is 0 Å². The maximum Gasteiger partial charge on any atom is 0.330 e. The van der Waals surface area contributed by atoms with Gasteiger partial charge in [0.2, 0.25) is 0 Å². The summed E-state index contributed by atoms with van der Waals surface area (Å²) in [5.74, 6) is 0.701. The van der Waals surface area contributed by atoms with Crippen LogP contribution in [0.3, 0.4) is 0 Å². The van der Waals surface area contributed by atoms with Gasteiger partial charge in [0.25, 0.3) is 5.56 Å². The second kappa shape index (κ2) is 4.15. The third-order valence-corrected chi connectivity index (χ3v) is 3.40. The molecule has 1 saturated carbocycles. The molecule has 0 spiro atoms. The van der Waals surface area contributed by atoms with Gasteiger partial charge in [-0.05, 0) is 18.8 Å². The molecule has 5 heteroatoms. The van der Waals surface area contributed by atoms with Crippen LogP contribution < -0.4 is 17.0 Å². The molecule has 1 heterocycles. The number of hydrogen-bond donors (Lipinski definition) is 2. The third kappa shape index (κ3) is 1.89. The van der Waals surface area contributed by atoms with Gasteiger partial charge in [-0.25, -0.2) is 4.79 Å². The molecular formula is C11H17N3O2. The average Bonchev–Trinajstić information content (AvgIpc) is 2.19. The molecule has 1 fully saturated rings. The molecule has 3 N–H and O–H groups in total. The van der Waals surface area contributed by atoms with E-state index in [1.165, 1.54) is 17.1 Å². The topological polar surface area (TPSA) is 80.9 Å². The van der Waals surface area contributed by atoms with E-state index in [-0.39, 0.29) is 17.5 Å². The molecule has 0 saturated heterocycles. The SMILES string of the molecule is C[C@@H]1CCCC[C@H]1n1c(N)cc(=O)[nH]c1=O. The molecule has 16 heavy (non-hydrogen) atoms. The van der Waals surface area contributed by atoms with Crippen molar-refractivity contribution in [2.24, 2.45) is 5.92 Å². The molecule has 88 valence electrons. The van der Waals surface area contributed by atoms with Gasteiger partial charge in [0.05, 0.1) is 0 Å². The summed E-state index contributed by atoms with van der Waals surface area (Å²) in [4.78, 5) is 25.1. The van der Waals surface area contributed by atoms with Crippen LogP contribution in [0.2, 0.25) is 0 Å². The first kappa shape index (κ1) is 11.0. The average molecular weight is 223 g/mol. The van der Waals surface area contributed by atoms with Gasteiger partial charge in [-0.1, -0.05) is 19.8 Å². The van der Waals surface area contributed by atoms with Crippen LogP contribution in [0.4, 0.5) is 5.82 Å². The minimum absolute atomic E-state index is 0.123. The normalized spacial score (nSPS) is 25.6. The predicted octanol–water partition coefficient (Wildman–Crippen LogP) is 0.870. The Morgan fingerprint density at radius 2 is 2.06 bits per heavy atom. The first-order chi connectivity index (χ1) is 7.59. The highest BCUT2D eigenvalue weighted by Gasteiger charge is 2.25. The number of nitrogens with zero attached hydrogens (tertiary/aromatic N) is 1. The fourth-order valence-electron chi connectivity index (χ4n) is 2.55. The van der Waals surface area contributed by atoms with E-state index in [4.69, 9.17) is 5.73 Å². The second-order valence-corrected chi connectivity index (χ2v) is 4.56. The fourth-order valence-corrected chi connectivity index (χ4v) is 2.55. The third-order valence-electron chi connectivity index (χ3n) is 3.40. The van der Waals surface area contributed by atoms with Crippen LogP contribution in [-0.4, -0.2) is 9.55 Å². The summed E-state index contributed by atoms with van der Waals surface area (Å²) in [5.41, 5.74) is 4.94. The lowest BCUT2D eigenvalue weighted by atomic mass is 9.86. The quantitative estimate of drug-likeness (QED) is 0.741. The van der Waals surface area contributed by atoms with Crippen molar-refractivity contribution in [1.29, 1.82) is 0 Å². The summed E-state index contributed by atoms with van der Waals surface area (Å²) < 4.78 is 1.53. The van der Waals surface area contributed by atoms with Crippen molar-refractivity contribution in [3.63, 3.8) is 0 Å². The lowest BCUT2D eigenvalue weighted by molar-refractivity contribution is 0.252. The molecule has 2 atom stereocenters. The summed E-state index contributed by atoms with van der Waals surface area (Å²) >= 11 is 0. The fraction of sp³-hybridized carbons (Fsp3) is 0.636. The van der Waals surface area contributed by atoms with Crippen LogP contribution >= 0.6 is 0 Å². The summed E-state index contributed by atoms with van der Waals surface area (Å²) in [5, 5.41) is 0. The second-order valence-electron chi connectivity index (χ2n) is 4.56. The highest BCUT2D eigenvalue weighted by Crippen LogP contribution is 2.33. The highest BCUT2D eigenvalue weighted by molar-refractivity contribution is 5.27. The van der Waals surface area contributed by atoms with Crippen LogP contribution in [-0.2, 0) is 0 Å². The van der Waals surface area contributed by atoms with E-state index in [1.807, 2.05) is 0 Å². The van der Waals surface area contributed by atoms with E-state index in [9.17, 15) is 9.59 Å². The van der Waals surface area contributed by atoms with Gasteiger partial charge < -0.3 is 5.73 Å². The van der Waals surface area contributed by atoms with E-state index < -0.39 is 5.56 Å². The van der Waals surface area contributed by atoms with E-state index in [2.05, 4.69) is 11.9 Å². The predicted molar refractivity (Wildman–Crippen MR) is 62.4 cm³/mol. The molecule has 1 aliphatic carbocycles. The maximum atomic E-state index is 11.7. The number of rotatable bonds is 1. The van der Waals surface area contributed by atoms with Gasteiger partial charge in [-0.2, -0.15) is 0 Å². The lowest BCUT2D eigenvalue weighted by Gasteiger charge is -2.30. The van der Waals surface area contributed by atoms with Crippen molar-refractivity contribution < 1.29 is 0 Å². The summed E-state index contributed by atoms with van der Waals surface area (Å²) in [6.07, 6.45) is 4.38. The Bertz CT molecular complexity index is 489. The molecular weight excluding hydrogens is 206 g/mol. The number of nitrogens with one attached hydrogen (secondary N) is 1. The Labute approximate surface area is 93.3 Å². The number of nitrogens with two attached hydrogens (primary N) is 1. The Balaban J connectivity index is 2.47. The van der Waals surface area contributed by atoms with E-state index in [0.717, 1.165) is 19.3 Å². The number of aromatic nitrogens is 2. The Hall–Kier alpha value is -1.52. The van der Waals surface area contributed by atoms with Crippen LogP contribution in [0, 0.1) is 5.92 Å². The standard InChI is InChI=1S/C11H17N3O2/c1-7-4-2-3-5-8(7)14-9(12)6-10(15)13-11(14)16/h6-8H,2-5,12H2,1H3,(H,13,15,16)/t7-,8-/m1/s1. The minimum atomic E-state index is -0.429. The molecule has 0 aromatic carbocycles. The molecule has 0 bridgehead atoms. The van der Waals surface area contributed by atoms with E-state index in [0.29, 0.717) is 5.92 Å². The Kier molecular flexibility index (Phi) is 2.85. The molecule has 0 amide bonds. The van der Waals surface area contributed by atoms with Gasteiger partial charge in [-0.3, -0.25) is 14.3 Å². The zero-order valence-electron chi connectivity index (χ0n) is 9.40. The molecule has 1 aliphatic rings. The highest BCUT2D eigenvalue weighted by atomic mass is 16.2. The summed E-state index contributed by atoms with van der Waals surface area (Å²) in [7, 11) is 0. The monoisotopic (exact) mass is 223 g/mol. The van der Waals surface area contributed by atoms with E-state index >= 15 is 0 Å². The van der Waals surface area contributed by atoms with Crippen LogP contribution in [0.25, 0.3) is 0 Å². The van der Waals surface area contributed by atoms with E-state index in [1.54, 1.807) is 0 Å². The molecule has 0 unspecified atom stereocenters. The van der Waals surface area contributed by atoms with Crippen LogP contribution in [0.15, 0.2) is 15.7 Å². The zero-order chi connectivity index (χ0) is 11.7. The van der Waals surface area contributed by atoms with Crippen molar-refractivity contribution in [3.8, 4) is 0 Å². The first-order valence-corrected chi connectivity index (χ1v) is 5.71. The molecule has 1 aromatic heterocycles. The van der Waals surface area contributed by atoms with Crippen LogP contribution in [0.1, 0.15) is 38.6 Å². The number of anilines is 1. The van der Waals surface area contributed by atoms with Crippen LogP contribution in [0.5, 0.6) is 0 Å². The van der Waals surface area contributed by atoms with Crippen molar-refractivity contribution in [3.05, 3.63) is 26.9 Å². The summed E-state index contributed by atoms with van der Waals surface area (Å²) in [6, 6.07) is 1.40. The smallest absolute Gasteiger partial charge is 0.330 e. The van der Waals surface area contributed by atoms with Gasteiger partial charge in [0.1, 0.15) is 5.82 Å². The van der Waals surface area contributed by atoms with Gasteiger partial charge >= 0.3 is 5.69 Å². The van der Waals surface area contributed by atoms with Crippen molar-refractivity contribution in [2.45, 2.75) is 38.6 Å². The molecule has 1 aromatic rings. The van der Waals surface area contributed by atoms with Crippen molar-refractivity contribution in [1.82, 2.24) is 9.55 Å². The first-order valence-electron chi connectivity index (χ1n) is 5.71. The minimum Gasteiger partial charge on any atom is -0.385 e. The maximum absolute atomic E-state index is 11.7. The largest absolute Gasteiger partial charge is 0.385 e. The Morgan fingerprint density at radius 3 is 2.69 bits per heavy atom. The lowest BCUT2D eigenvalue weighted by Crippen LogP contribution is -2.37. The number of hydrogen-bond acceptors (Lipinski definition) is 3. The Morgan fingerprint density at radius 1 is 1.38 bits per heavy atom. The zero-order valence-corrected chi connectivity index (χ0v) is 9.40. The molecule has 0 radical (unpaired) electrons. The molecule has 0 aliphatic heterocycles. The van der Waals surface area contributed by atoms with Gasteiger partial charge in [0, 0.05) is 12.1 Å². The number of nitrogen functional groups attached to an aromatic ring is 1. The van der Waals surface area contributed by atoms with Crippen molar-refractivity contribution >= 4 is 5.82 Å². The molecule has 5 nitrogen and oxygen atoms in total. The number of H-pyrrole nitrogens is 1. The van der Waals surface area contributed by atoms with Crippen molar-refractivity contribution in [2.75, 3.05) is 5.73 Å². The number of aromatic amines is 1. The molecule has 2 rings (SSSR count).